The van der Waals surface area contributed by atoms with E-state index in [1.54, 1.807) is 20.8 Å². The van der Waals surface area contributed by atoms with Crippen LogP contribution < -0.4 is 4.43 Å². The summed E-state index contributed by atoms with van der Waals surface area (Å²) in [5.74, 6) is -5.58. The van der Waals surface area contributed by atoms with Crippen LogP contribution >= 0.6 is 0 Å². The van der Waals surface area contributed by atoms with E-state index in [-0.39, 0.29) is 10.1 Å². The number of ether oxygens (including phenoxy) is 2. The zero-order valence-corrected chi connectivity index (χ0v) is 21.2. The Morgan fingerprint density at radius 3 is 1.81 bits per heavy atom. The predicted octanol–water partition coefficient (Wildman–Crippen LogP) is 3.33. The van der Waals surface area contributed by atoms with Crippen LogP contribution in [0.25, 0.3) is 0 Å². The number of hydrogen-bond acceptors (Lipinski definition) is 7. The highest BCUT2D eigenvalue weighted by molar-refractivity contribution is 7.89. The number of hydrogen-bond donors (Lipinski definition) is 0. The number of esters is 1. The van der Waals surface area contributed by atoms with Crippen molar-refractivity contribution in [2.75, 3.05) is 0 Å². The normalized spacial score (nSPS) is 14.2. The first-order chi connectivity index (χ1) is 14.2. The summed E-state index contributed by atoms with van der Waals surface area (Å²) >= 11 is 0. The standard InChI is InChI=1S/C19H28F3NO7SSi/c1-12(15(24)28-17(2,3)4)23(16(25)29-18(5,6)7)31(26,27)14-10-8-13(9-11-14)30-32-19(20,21)22/h8-12H,32H2,1-7H3/t12-/m1/s1. The van der Waals surface area contributed by atoms with Gasteiger partial charge in [-0.05, 0) is 72.7 Å². The molecule has 0 aliphatic rings. The maximum Gasteiger partial charge on any atom is 0.425 e. The maximum atomic E-state index is 13.2. The molecule has 1 rings (SSSR count). The van der Waals surface area contributed by atoms with Crippen LogP contribution in [0.3, 0.4) is 0 Å². The molecule has 0 aromatic heterocycles. The van der Waals surface area contributed by atoms with Gasteiger partial charge in [-0.15, -0.1) is 0 Å². The molecule has 0 unspecified atom stereocenters. The summed E-state index contributed by atoms with van der Waals surface area (Å²) in [6.45, 7) is 10.5. The molecule has 8 nitrogen and oxygen atoms in total. The number of carbonyl (C=O) groups is 2. The minimum atomic E-state index is -4.64. The van der Waals surface area contributed by atoms with Gasteiger partial charge >= 0.3 is 27.6 Å². The molecule has 0 spiro atoms. The van der Waals surface area contributed by atoms with Crippen molar-refractivity contribution in [3.63, 3.8) is 0 Å². The van der Waals surface area contributed by atoms with Crippen LogP contribution in [0, 0.1) is 0 Å². The molecule has 0 radical (unpaired) electrons. The molecule has 0 heterocycles. The van der Waals surface area contributed by atoms with E-state index in [1.807, 2.05) is 0 Å². The maximum absolute atomic E-state index is 13.2. The van der Waals surface area contributed by atoms with E-state index in [1.165, 1.54) is 27.7 Å². The molecule has 0 saturated heterocycles. The Labute approximate surface area is 188 Å². The lowest BCUT2D eigenvalue weighted by molar-refractivity contribution is -0.158. The zero-order chi connectivity index (χ0) is 25.1. The SMILES string of the molecule is C[C@H](C(=O)OC(C)(C)C)N(C(=O)OC(C)(C)C)S(=O)(=O)c1ccc(O[SiH2]C(F)(F)F)cc1. The number of nitrogens with zero attached hydrogens (tertiary/aromatic N) is 1. The smallest absolute Gasteiger partial charge is 0.425 e. The van der Waals surface area contributed by atoms with Gasteiger partial charge in [0.15, 0.2) is 0 Å². The number of amides is 1. The first kappa shape index (κ1) is 27.8. The number of rotatable bonds is 6. The molecular weight excluding hydrogens is 471 g/mol. The number of alkyl halides is 3. The Morgan fingerprint density at radius 1 is 0.938 bits per heavy atom. The topological polar surface area (TPSA) is 99.2 Å². The monoisotopic (exact) mass is 499 g/mol. The lowest BCUT2D eigenvalue weighted by atomic mass is 10.2. The van der Waals surface area contributed by atoms with Gasteiger partial charge < -0.3 is 13.9 Å². The Morgan fingerprint density at radius 2 is 1.41 bits per heavy atom. The summed E-state index contributed by atoms with van der Waals surface area (Å²) in [6.07, 6.45) is -1.30. The second-order valence-corrected chi connectivity index (χ2v) is 12.1. The van der Waals surface area contributed by atoms with E-state index in [2.05, 4.69) is 0 Å². The van der Waals surface area contributed by atoms with E-state index in [0.29, 0.717) is 0 Å². The molecule has 0 fully saturated rings. The molecule has 1 aromatic carbocycles. The predicted molar refractivity (Wildman–Crippen MR) is 112 cm³/mol. The third kappa shape index (κ3) is 8.69. The Balaban J connectivity index is 3.32. The number of carbonyl (C=O) groups excluding carboxylic acids is 2. The second kappa shape index (κ2) is 9.69. The van der Waals surface area contributed by atoms with Crippen LogP contribution in [-0.2, 0) is 24.3 Å². The summed E-state index contributed by atoms with van der Waals surface area (Å²) in [7, 11) is -7.52. The fourth-order valence-corrected chi connectivity index (χ4v) is 4.21. The van der Waals surface area contributed by atoms with Gasteiger partial charge in [0, 0.05) is 0 Å². The van der Waals surface area contributed by atoms with Gasteiger partial charge in [0.2, 0.25) is 0 Å². The quantitative estimate of drug-likeness (QED) is 0.437. The number of benzene rings is 1. The Bertz CT molecular complexity index is 920. The molecule has 0 saturated carbocycles. The van der Waals surface area contributed by atoms with Crippen molar-refractivity contribution >= 4 is 31.8 Å². The molecule has 0 bridgehead atoms. The molecule has 13 heteroatoms. The molecule has 32 heavy (non-hydrogen) atoms. The van der Waals surface area contributed by atoms with E-state index < -0.39 is 59.8 Å². The van der Waals surface area contributed by atoms with E-state index in [4.69, 9.17) is 13.9 Å². The summed E-state index contributed by atoms with van der Waals surface area (Å²) in [5.41, 5.74) is -2.02. The van der Waals surface area contributed by atoms with Gasteiger partial charge in [-0.3, -0.25) is 0 Å². The summed E-state index contributed by atoms with van der Waals surface area (Å²) < 4.78 is 78.8. The third-order valence-corrected chi connectivity index (χ3v) is 6.11. The van der Waals surface area contributed by atoms with Gasteiger partial charge in [0.25, 0.3) is 10.0 Å². The summed E-state index contributed by atoms with van der Waals surface area (Å²) in [5, 5.41) is 0. The summed E-state index contributed by atoms with van der Waals surface area (Å²) in [6, 6.07) is 2.46. The van der Waals surface area contributed by atoms with Gasteiger partial charge in [-0.25, -0.2) is 18.0 Å². The molecule has 0 aliphatic carbocycles. The van der Waals surface area contributed by atoms with Crippen LogP contribution in [0.5, 0.6) is 5.75 Å². The van der Waals surface area contributed by atoms with Crippen LogP contribution in [0.15, 0.2) is 29.2 Å². The van der Waals surface area contributed by atoms with Gasteiger partial charge in [0.1, 0.15) is 23.0 Å². The van der Waals surface area contributed by atoms with Crippen molar-refractivity contribution in [3.05, 3.63) is 24.3 Å². The molecule has 1 atom stereocenters. The van der Waals surface area contributed by atoms with Crippen molar-refractivity contribution in [2.45, 2.75) is 76.4 Å². The number of halogens is 3. The van der Waals surface area contributed by atoms with Crippen LogP contribution in [0.1, 0.15) is 48.5 Å². The van der Waals surface area contributed by atoms with Crippen molar-refractivity contribution < 1.29 is 45.1 Å². The van der Waals surface area contributed by atoms with Gasteiger partial charge in [0.05, 0.1) is 4.90 Å². The number of sulfonamides is 1. The minimum Gasteiger partial charge on any atom is -0.539 e. The minimum absolute atomic E-state index is 0.169. The van der Waals surface area contributed by atoms with Crippen molar-refractivity contribution in [1.82, 2.24) is 4.31 Å². The van der Waals surface area contributed by atoms with Gasteiger partial charge in [-0.2, -0.15) is 17.5 Å². The zero-order valence-electron chi connectivity index (χ0n) is 18.9. The largest absolute Gasteiger partial charge is 0.539 e. The second-order valence-electron chi connectivity index (χ2n) is 8.87. The highest BCUT2D eigenvalue weighted by Crippen LogP contribution is 2.25. The highest BCUT2D eigenvalue weighted by Gasteiger charge is 2.41. The molecular formula is C19H28F3NO7SSi. The van der Waals surface area contributed by atoms with Crippen molar-refractivity contribution in [2.24, 2.45) is 0 Å². The van der Waals surface area contributed by atoms with Crippen molar-refractivity contribution in [1.29, 1.82) is 0 Å². The lowest BCUT2D eigenvalue weighted by Crippen LogP contribution is -2.50. The van der Waals surface area contributed by atoms with Crippen LogP contribution in [0.4, 0.5) is 18.0 Å². The van der Waals surface area contributed by atoms with Crippen LogP contribution in [0.2, 0.25) is 0 Å². The average Bonchev–Trinajstić information content (AvgIpc) is 2.56. The Kier molecular flexibility index (Phi) is 8.40. The Hall–Kier alpha value is -2.28. The van der Waals surface area contributed by atoms with E-state index in [0.717, 1.165) is 24.3 Å². The van der Waals surface area contributed by atoms with Crippen LogP contribution in [-0.4, -0.2) is 57.6 Å². The first-order valence-corrected chi connectivity index (χ1v) is 12.3. The lowest BCUT2D eigenvalue weighted by Gasteiger charge is -2.31. The summed E-state index contributed by atoms with van der Waals surface area (Å²) in [4.78, 5) is 24.8. The molecule has 1 amide bonds. The fourth-order valence-electron chi connectivity index (χ4n) is 2.24. The van der Waals surface area contributed by atoms with E-state index >= 15 is 0 Å². The third-order valence-electron chi connectivity index (χ3n) is 3.46. The highest BCUT2D eigenvalue weighted by atomic mass is 32.2. The first-order valence-electron chi connectivity index (χ1n) is 9.53. The molecule has 1 aromatic rings. The van der Waals surface area contributed by atoms with E-state index in [9.17, 15) is 31.2 Å². The average molecular weight is 500 g/mol. The van der Waals surface area contributed by atoms with Gasteiger partial charge in [-0.1, -0.05) is 0 Å². The van der Waals surface area contributed by atoms with Crippen molar-refractivity contribution in [3.8, 4) is 5.75 Å². The molecule has 0 aliphatic heterocycles. The fraction of sp³-hybridized carbons (Fsp3) is 0.579. The molecule has 0 N–H and O–H groups in total. The molecule has 182 valence electrons.